The largest absolute Gasteiger partial charge is 0.390 e. The second-order valence-corrected chi connectivity index (χ2v) is 6.50. The molecule has 98 valence electrons. The van der Waals surface area contributed by atoms with Crippen molar-refractivity contribution in [2.24, 2.45) is 5.92 Å². The predicted molar refractivity (Wildman–Crippen MR) is 73.3 cm³/mol. The number of piperidine rings is 1. The highest BCUT2D eigenvalue weighted by Gasteiger charge is 2.53. The molecule has 2 aliphatic heterocycles. The molecule has 2 nitrogen and oxygen atoms in total. The molecule has 0 aliphatic carbocycles. The van der Waals surface area contributed by atoms with Gasteiger partial charge in [0.2, 0.25) is 0 Å². The van der Waals surface area contributed by atoms with E-state index in [0.717, 1.165) is 12.8 Å². The van der Waals surface area contributed by atoms with Crippen LogP contribution in [0.4, 0.5) is 0 Å². The maximum atomic E-state index is 10.5. The minimum Gasteiger partial charge on any atom is -0.390 e. The summed E-state index contributed by atoms with van der Waals surface area (Å²) >= 11 is 0. The fraction of sp³-hybridized carbons (Fsp3) is 0.625. The number of aliphatic hydroxyl groups is 1. The lowest BCUT2D eigenvalue weighted by atomic mass is 9.67. The van der Waals surface area contributed by atoms with Crippen LogP contribution in [0.1, 0.15) is 45.1 Å². The van der Waals surface area contributed by atoms with Crippen molar-refractivity contribution in [2.45, 2.75) is 56.7 Å². The van der Waals surface area contributed by atoms with Crippen LogP contribution < -0.4 is 5.32 Å². The van der Waals surface area contributed by atoms with Crippen LogP contribution in [-0.4, -0.2) is 16.7 Å². The zero-order valence-corrected chi connectivity index (χ0v) is 11.3. The Balaban J connectivity index is 2.05. The van der Waals surface area contributed by atoms with Gasteiger partial charge in [-0.1, -0.05) is 30.3 Å². The highest BCUT2D eigenvalue weighted by atomic mass is 16.3. The van der Waals surface area contributed by atoms with Gasteiger partial charge in [-0.15, -0.1) is 0 Å². The van der Waals surface area contributed by atoms with E-state index in [0.29, 0.717) is 12.0 Å². The quantitative estimate of drug-likeness (QED) is 0.839. The Morgan fingerprint density at radius 1 is 1.17 bits per heavy atom. The lowest BCUT2D eigenvalue weighted by Gasteiger charge is -2.48. The first-order valence-corrected chi connectivity index (χ1v) is 7.08. The molecule has 0 amide bonds. The van der Waals surface area contributed by atoms with E-state index in [1.165, 1.54) is 18.4 Å². The third-order valence-corrected chi connectivity index (χ3v) is 4.89. The number of benzene rings is 1. The zero-order chi connectivity index (χ0) is 12.8. The summed E-state index contributed by atoms with van der Waals surface area (Å²) < 4.78 is 0. The summed E-state index contributed by atoms with van der Waals surface area (Å²) in [4.78, 5) is 0. The Kier molecular flexibility index (Phi) is 2.76. The van der Waals surface area contributed by atoms with Gasteiger partial charge in [-0.25, -0.2) is 0 Å². The molecule has 2 aliphatic rings. The van der Waals surface area contributed by atoms with Gasteiger partial charge < -0.3 is 10.4 Å². The number of nitrogens with one attached hydrogen (secondary N) is 1. The summed E-state index contributed by atoms with van der Waals surface area (Å²) in [6.07, 6.45) is 4.71. The van der Waals surface area contributed by atoms with E-state index in [9.17, 15) is 5.11 Å². The first-order chi connectivity index (χ1) is 8.52. The molecule has 1 aromatic rings. The molecular weight excluding hydrogens is 222 g/mol. The molecule has 3 unspecified atom stereocenters. The van der Waals surface area contributed by atoms with E-state index in [1.807, 2.05) is 13.8 Å². The molecule has 0 spiro atoms. The van der Waals surface area contributed by atoms with Crippen LogP contribution in [0, 0.1) is 5.92 Å². The van der Waals surface area contributed by atoms with Crippen LogP contribution >= 0.6 is 0 Å². The van der Waals surface area contributed by atoms with Gasteiger partial charge in [0.15, 0.2) is 0 Å². The molecule has 3 rings (SSSR count). The average Bonchev–Trinajstić information content (AvgIpc) is 2.67. The summed E-state index contributed by atoms with van der Waals surface area (Å²) in [6.45, 7) is 3.92. The van der Waals surface area contributed by atoms with Gasteiger partial charge in [-0.05, 0) is 45.1 Å². The maximum Gasteiger partial charge on any atom is 0.0640 e. The molecule has 1 aromatic carbocycles. The van der Waals surface area contributed by atoms with E-state index in [1.54, 1.807) is 0 Å². The lowest BCUT2D eigenvalue weighted by molar-refractivity contribution is -0.0438. The summed E-state index contributed by atoms with van der Waals surface area (Å²) in [7, 11) is 0. The van der Waals surface area contributed by atoms with Crippen LogP contribution in [0.5, 0.6) is 0 Å². The smallest absolute Gasteiger partial charge is 0.0640 e. The van der Waals surface area contributed by atoms with E-state index >= 15 is 0 Å². The van der Waals surface area contributed by atoms with Crippen molar-refractivity contribution in [3.05, 3.63) is 35.9 Å². The van der Waals surface area contributed by atoms with Crippen LogP contribution in [-0.2, 0) is 5.54 Å². The number of hydrogen-bond acceptors (Lipinski definition) is 2. The normalized spacial score (nSPS) is 35.7. The van der Waals surface area contributed by atoms with E-state index < -0.39 is 5.60 Å². The van der Waals surface area contributed by atoms with Gasteiger partial charge >= 0.3 is 0 Å². The van der Waals surface area contributed by atoms with Crippen molar-refractivity contribution in [1.29, 1.82) is 0 Å². The van der Waals surface area contributed by atoms with Gasteiger partial charge in [0.1, 0.15) is 0 Å². The molecule has 0 radical (unpaired) electrons. The Bertz CT molecular complexity index is 422. The van der Waals surface area contributed by atoms with Crippen molar-refractivity contribution < 1.29 is 5.11 Å². The number of fused-ring (bicyclic) bond motifs is 2. The average molecular weight is 245 g/mol. The summed E-state index contributed by atoms with van der Waals surface area (Å²) in [5, 5.41) is 14.4. The summed E-state index contributed by atoms with van der Waals surface area (Å²) in [5.41, 5.74) is 0.708. The molecule has 3 atom stereocenters. The van der Waals surface area contributed by atoms with Gasteiger partial charge in [0.25, 0.3) is 0 Å². The van der Waals surface area contributed by atoms with E-state index in [4.69, 9.17) is 0 Å². The minimum absolute atomic E-state index is 0.0115. The lowest BCUT2D eigenvalue weighted by Crippen LogP contribution is -2.56. The third kappa shape index (κ3) is 1.79. The predicted octanol–water partition coefficient (Wildman–Crippen LogP) is 2.81. The molecule has 0 saturated carbocycles. The molecule has 2 heterocycles. The van der Waals surface area contributed by atoms with Crippen molar-refractivity contribution in [3.63, 3.8) is 0 Å². The van der Waals surface area contributed by atoms with Gasteiger partial charge in [-0.2, -0.15) is 0 Å². The minimum atomic E-state index is -0.627. The first-order valence-electron chi connectivity index (χ1n) is 7.08. The van der Waals surface area contributed by atoms with Gasteiger partial charge in [0.05, 0.1) is 5.60 Å². The van der Waals surface area contributed by atoms with Crippen molar-refractivity contribution in [3.8, 4) is 0 Å². The Morgan fingerprint density at radius 3 is 2.56 bits per heavy atom. The Labute approximate surface area is 109 Å². The molecule has 2 saturated heterocycles. The Hall–Kier alpha value is -0.860. The fourth-order valence-electron chi connectivity index (χ4n) is 4.14. The van der Waals surface area contributed by atoms with Gasteiger partial charge in [-0.3, -0.25) is 0 Å². The number of rotatable bonds is 2. The maximum absolute atomic E-state index is 10.5. The molecule has 2 bridgehead atoms. The summed E-state index contributed by atoms with van der Waals surface area (Å²) in [5.74, 6) is 0.297. The van der Waals surface area contributed by atoms with Crippen LogP contribution in [0.15, 0.2) is 30.3 Å². The Morgan fingerprint density at radius 2 is 1.89 bits per heavy atom. The second-order valence-electron chi connectivity index (χ2n) is 6.50. The van der Waals surface area contributed by atoms with Crippen molar-refractivity contribution in [2.75, 3.05) is 0 Å². The fourth-order valence-corrected chi connectivity index (χ4v) is 4.14. The van der Waals surface area contributed by atoms with Crippen LogP contribution in [0.25, 0.3) is 0 Å². The van der Waals surface area contributed by atoms with Crippen molar-refractivity contribution in [1.82, 2.24) is 5.32 Å². The zero-order valence-electron chi connectivity index (χ0n) is 11.3. The third-order valence-electron chi connectivity index (χ3n) is 4.89. The monoisotopic (exact) mass is 245 g/mol. The standard InChI is InChI=1S/C16H23NO/c1-15(2,18)14-9-8-13-10-11-16(14,17-13)12-6-4-3-5-7-12/h3-7,13-14,17-18H,8-11H2,1-2H3. The highest BCUT2D eigenvalue weighted by Crippen LogP contribution is 2.50. The molecule has 2 N–H and O–H groups in total. The highest BCUT2D eigenvalue weighted by molar-refractivity contribution is 5.30. The van der Waals surface area contributed by atoms with Crippen LogP contribution in [0.3, 0.4) is 0 Å². The van der Waals surface area contributed by atoms with E-state index in [-0.39, 0.29) is 5.54 Å². The van der Waals surface area contributed by atoms with Crippen molar-refractivity contribution >= 4 is 0 Å². The van der Waals surface area contributed by atoms with Crippen LogP contribution in [0.2, 0.25) is 0 Å². The van der Waals surface area contributed by atoms with Gasteiger partial charge in [0, 0.05) is 17.5 Å². The molecule has 2 fully saturated rings. The second kappa shape index (κ2) is 4.07. The SMILES string of the molecule is CC(C)(O)C1CCC2CCC1(c1ccccc1)N2. The summed E-state index contributed by atoms with van der Waals surface area (Å²) in [6, 6.07) is 11.3. The van der Waals surface area contributed by atoms with E-state index in [2.05, 4.69) is 35.6 Å². The molecule has 18 heavy (non-hydrogen) atoms. The molecular formula is C16H23NO. The first kappa shape index (κ1) is 12.2. The molecule has 0 aromatic heterocycles. The number of hydrogen-bond donors (Lipinski definition) is 2. The topological polar surface area (TPSA) is 32.3 Å². The molecule has 2 heteroatoms.